The highest BCUT2D eigenvalue weighted by atomic mass is 16.3. The molecular formula is C17H19N5O3. The molecule has 2 aromatic rings. The van der Waals surface area contributed by atoms with Crippen LogP contribution in [0.25, 0.3) is 10.9 Å². The number of hydrogen-bond acceptors (Lipinski definition) is 5. The molecule has 3 aliphatic heterocycles. The van der Waals surface area contributed by atoms with E-state index in [-0.39, 0.29) is 18.4 Å². The minimum absolute atomic E-state index is 0.130. The van der Waals surface area contributed by atoms with Crippen LogP contribution in [-0.2, 0) is 4.79 Å². The summed E-state index contributed by atoms with van der Waals surface area (Å²) in [6.07, 6.45) is 2.33. The van der Waals surface area contributed by atoms with Gasteiger partial charge in [0.05, 0.1) is 17.1 Å². The highest BCUT2D eigenvalue weighted by molar-refractivity contribution is 6.05. The first-order valence-corrected chi connectivity index (χ1v) is 8.15. The van der Waals surface area contributed by atoms with Gasteiger partial charge in [0.1, 0.15) is 0 Å². The van der Waals surface area contributed by atoms with E-state index in [9.17, 15) is 4.79 Å². The zero-order chi connectivity index (χ0) is 17.8. The predicted molar refractivity (Wildman–Crippen MR) is 89.9 cm³/mol. The first-order valence-electron chi connectivity index (χ1n) is 8.15. The first kappa shape index (κ1) is 16.9. The number of nitrogens with zero attached hydrogens (tertiary/aromatic N) is 3. The largest absolute Gasteiger partial charge is 0.483 e. The Morgan fingerprint density at radius 1 is 1.44 bits per heavy atom. The van der Waals surface area contributed by atoms with Gasteiger partial charge in [-0.1, -0.05) is 0 Å². The topological polar surface area (TPSA) is 122 Å². The summed E-state index contributed by atoms with van der Waals surface area (Å²) in [6, 6.07) is 7.52. The molecule has 5 rings (SSSR count). The molecule has 0 radical (unpaired) electrons. The average Bonchev–Trinajstić information content (AvgIpc) is 3.06. The van der Waals surface area contributed by atoms with Crippen molar-refractivity contribution in [1.82, 2.24) is 20.4 Å². The molecular weight excluding hydrogens is 322 g/mol. The quantitative estimate of drug-likeness (QED) is 0.699. The summed E-state index contributed by atoms with van der Waals surface area (Å²) < 4.78 is 0. The van der Waals surface area contributed by atoms with E-state index in [0.29, 0.717) is 17.2 Å². The van der Waals surface area contributed by atoms with E-state index in [4.69, 9.17) is 15.2 Å². The zero-order valence-electron chi connectivity index (χ0n) is 13.6. The number of nitriles is 1. The lowest BCUT2D eigenvalue weighted by molar-refractivity contribution is -0.122. The van der Waals surface area contributed by atoms with Gasteiger partial charge in [0.25, 0.3) is 12.4 Å². The predicted octanol–water partition coefficient (Wildman–Crippen LogP) is 0.959. The molecule has 1 aromatic carbocycles. The van der Waals surface area contributed by atoms with Gasteiger partial charge in [-0.2, -0.15) is 10.4 Å². The lowest BCUT2D eigenvalue weighted by Gasteiger charge is -2.44. The molecule has 3 aliphatic rings. The Morgan fingerprint density at radius 3 is 2.76 bits per heavy atom. The maximum Gasteiger partial charge on any atom is 0.290 e. The standard InChI is InChI=1S/C16H17N5O.CH2O2/c17-8-10-1-2-12-13(7-10)19-20-15(12)16(22)18-14-9-21-5-3-11(14)4-6-21;2-1-3/h1-2,7,11,14H,3-6,9H2,(H,18,22)(H,19,20);1H,(H,2,3)/t14-;/m1./s1. The zero-order valence-corrected chi connectivity index (χ0v) is 13.6. The summed E-state index contributed by atoms with van der Waals surface area (Å²) in [5.41, 5.74) is 1.69. The number of rotatable bonds is 2. The number of aromatic nitrogens is 2. The minimum atomic E-state index is -0.250. The second kappa shape index (κ2) is 7.32. The molecule has 0 saturated carbocycles. The second-order valence-electron chi connectivity index (χ2n) is 6.27. The molecule has 3 fully saturated rings. The summed E-state index contributed by atoms with van der Waals surface area (Å²) in [5, 5.41) is 26.7. The number of hydrogen-bond donors (Lipinski definition) is 3. The summed E-state index contributed by atoms with van der Waals surface area (Å²) in [6.45, 7) is 3.00. The molecule has 8 nitrogen and oxygen atoms in total. The number of aromatic amines is 1. The van der Waals surface area contributed by atoms with Crippen molar-refractivity contribution >= 4 is 23.3 Å². The number of carbonyl (C=O) groups is 2. The van der Waals surface area contributed by atoms with E-state index in [1.807, 2.05) is 0 Å². The Labute approximate surface area is 144 Å². The van der Waals surface area contributed by atoms with Gasteiger partial charge in [-0.05, 0) is 50.0 Å². The maximum absolute atomic E-state index is 12.5. The molecule has 4 heterocycles. The van der Waals surface area contributed by atoms with Crippen LogP contribution in [0.1, 0.15) is 28.9 Å². The number of fused-ring (bicyclic) bond motifs is 4. The third kappa shape index (κ3) is 3.46. The smallest absolute Gasteiger partial charge is 0.290 e. The summed E-state index contributed by atoms with van der Waals surface area (Å²) in [7, 11) is 0. The SMILES string of the molecule is N#Cc1ccc2c(C(=O)N[C@@H]3CN4CCC3CC4)n[nH]c2c1.O=CO. The fourth-order valence-corrected chi connectivity index (χ4v) is 3.63. The number of carboxylic acid groups (broad SMARTS) is 1. The third-order valence-corrected chi connectivity index (χ3v) is 4.88. The number of piperidine rings is 3. The van der Waals surface area contributed by atoms with Crippen LogP contribution < -0.4 is 5.32 Å². The van der Waals surface area contributed by atoms with Crippen molar-refractivity contribution in [2.75, 3.05) is 19.6 Å². The van der Waals surface area contributed by atoms with E-state index < -0.39 is 0 Å². The van der Waals surface area contributed by atoms with Crippen molar-refractivity contribution in [3.63, 3.8) is 0 Å². The van der Waals surface area contributed by atoms with Crippen molar-refractivity contribution in [2.24, 2.45) is 5.92 Å². The van der Waals surface area contributed by atoms with Crippen LogP contribution in [0.2, 0.25) is 0 Å². The van der Waals surface area contributed by atoms with Crippen LogP contribution >= 0.6 is 0 Å². The van der Waals surface area contributed by atoms with Crippen molar-refractivity contribution in [3.8, 4) is 6.07 Å². The molecule has 2 bridgehead atoms. The molecule has 1 atom stereocenters. The van der Waals surface area contributed by atoms with Crippen LogP contribution in [0.5, 0.6) is 0 Å². The maximum atomic E-state index is 12.5. The number of benzene rings is 1. The lowest BCUT2D eigenvalue weighted by Crippen LogP contribution is -2.57. The highest BCUT2D eigenvalue weighted by Crippen LogP contribution is 2.28. The molecule has 3 saturated heterocycles. The Kier molecular flexibility index (Phi) is 4.95. The fourth-order valence-electron chi connectivity index (χ4n) is 3.63. The molecule has 8 heteroatoms. The van der Waals surface area contributed by atoms with Crippen LogP contribution in [0.4, 0.5) is 0 Å². The van der Waals surface area contributed by atoms with E-state index in [1.54, 1.807) is 18.2 Å². The third-order valence-electron chi connectivity index (χ3n) is 4.88. The monoisotopic (exact) mass is 341 g/mol. The number of carbonyl (C=O) groups excluding carboxylic acids is 1. The first-order chi connectivity index (χ1) is 12.2. The summed E-state index contributed by atoms with van der Waals surface area (Å²) in [4.78, 5) is 23.3. The van der Waals surface area contributed by atoms with Crippen LogP contribution in [-0.4, -0.2) is 58.3 Å². The van der Waals surface area contributed by atoms with Crippen molar-refractivity contribution in [2.45, 2.75) is 18.9 Å². The number of amides is 1. The van der Waals surface area contributed by atoms with Crippen LogP contribution in [0.15, 0.2) is 18.2 Å². The normalized spacial score (nSPS) is 24.0. The van der Waals surface area contributed by atoms with Gasteiger partial charge in [0, 0.05) is 18.0 Å². The molecule has 1 amide bonds. The van der Waals surface area contributed by atoms with Gasteiger partial charge in [-0.25, -0.2) is 0 Å². The van der Waals surface area contributed by atoms with Gasteiger partial charge in [0.2, 0.25) is 0 Å². The van der Waals surface area contributed by atoms with Gasteiger partial charge in [-0.3, -0.25) is 14.7 Å². The van der Waals surface area contributed by atoms with Crippen molar-refractivity contribution in [3.05, 3.63) is 29.5 Å². The Morgan fingerprint density at radius 2 is 2.16 bits per heavy atom. The van der Waals surface area contributed by atoms with Crippen molar-refractivity contribution < 1.29 is 14.7 Å². The minimum Gasteiger partial charge on any atom is -0.483 e. The second-order valence-corrected chi connectivity index (χ2v) is 6.27. The van der Waals surface area contributed by atoms with E-state index >= 15 is 0 Å². The van der Waals surface area contributed by atoms with E-state index in [2.05, 4.69) is 26.5 Å². The molecule has 130 valence electrons. The Bertz CT molecular complexity index is 817. The summed E-state index contributed by atoms with van der Waals surface area (Å²) in [5.74, 6) is 0.457. The fraction of sp³-hybridized carbons (Fsp3) is 0.412. The molecule has 0 spiro atoms. The molecule has 0 aliphatic carbocycles. The highest BCUT2D eigenvalue weighted by Gasteiger charge is 2.35. The van der Waals surface area contributed by atoms with Gasteiger partial charge < -0.3 is 15.3 Å². The summed E-state index contributed by atoms with van der Waals surface area (Å²) >= 11 is 0. The van der Waals surface area contributed by atoms with Gasteiger partial charge >= 0.3 is 0 Å². The van der Waals surface area contributed by atoms with Crippen molar-refractivity contribution in [1.29, 1.82) is 5.26 Å². The Hall–Kier alpha value is -2.92. The molecule has 3 N–H and O–H groups in total. The van der Waals surface area contributed by atoms with E-state index in [0.717, 1.165) is 43.4 Å². The average molecular weight is 341 g/mol. The van der Waals surface area contributed by atoms with Gasteiger partial charge in [0.15, 0.2) is 5.69 Å². The lowest BCUT2D eigenvalue weighted by atomic mass is 9.84. The molecule has 0 unspecified atom stereocenters. The molecule has 1 aromatic heterocycles. The van der Waals surface area contributed by atoms with Crippen LogP contribution in [0, 0.1) is 17.2 Å². The van der Waals surface area contributed by atoms with Gasteiger partial charge in [-0.15, -0.1) is 0 Å². The number of H-pyrrole nitrogens is 1. The number of nitrogens with one attached hydrogen (secondary N) is 2. The van der Waals surface area contributed by atoms with Crippen LogP contribution in [0.3, 0.4) is 0 Å². The molecule has 25 heavy (non-hydrogen) atoms. The Balaban J connectivity index is 0.000000569. The van der Waals surface area contributed by atoms with E-state index in [1.165, 1.54) is 0 Å².